The fourth-order valence-corrected chi connectivity index (χ4v) is 7.60. The molecule has 0 unspecified atom stereocenters. The molecule has 0 aromatic rings. The van der Waals surface area contributed by atoms with Crippen molar-refractivity contribution in [3.63, 3.8) is 0 Å². The number of amides is 10. The summed E-state index contributed by atoms with van der Waals surface area (Å²) in [7, 11) is 0. The van der Waals surface area contributed by atoms with Crippen LogP contribution >= 0.6 is 0 Å². The number of carbonyl (C=O) groups excluding carboxylic acids is 10. The monoisotopic (exact) mass is 982 g/mol. The minimum absolute atomic E-state index is 0.0598. The Hall–Kier alpha value is -5.99. The molecule has 2 aliphatic rings. The summed E-state index contributed by atoms with van der Waals surface area (Å²) in [5, 5.41) is 42.0. The first-order valence-electron chi connectivity index (χ1n) is 23.6. The number of aliphatic hydroxyl groups is 1. The van der Waals surface area contributed by atoms with Crippen LogP contribution in [0.4, 0.5) is 0 Å². The van der Waals surface area contributed by atoms with Gasteiger partial charge in [0.2, 0.25) is 59.1 Å². The molecule has 26 heteroatoms. The molecule has 0 bridgehead atoms. The van der Waals surface area contributed by atoms with Crippen LogP contribution in [0.25, 0.3) is 0 Å². The van der Waals surface area contributed by atoms with Gasteiger partial charge in [-0.05, 0) is 103 Å². The van der Waals surface area contributed by atoms with Gasteiger partial charge in [-0.2, -0.15) is 0 Å². The summed E-state index contributed by atoms with van der Waals surface area (Å²) in [5.41, 5.74) is 16.4. The van der Waals surface area contributed by atoms with E-state index in [1.807, 2.05) is 0 Å². The third-order valence-corrected chi connectivity index (χ3v) is 11.4. The first-order valence-corrected chi connectivity index (χ1v) is 23.6. The number of aliphatic carboxylic acids is 1. The Morgan fingerprint density at radius 3 is 1.81 bits per heavy atom. The molecule has 2 fully saturated rings. The number of hydrogen-bond donors (Lipinski definition) is 14. The van der Waals surface area contributed by atoms with Gasteiger partial charge < -0.3 is 80.2 Å². The Morgan fingerprint density at radius 1 is 0.652 bits per heavy atom. The number of unbranched alkanes of at least 4 members (excludes halogenated alkanes) is 2. The largest absolute Gasteiger partial charge is 0.480 e. The lowest BCUT2D eigenvalue weighted by atomic mass is 10.00. The standard InChI is InChI=1S/C43H75N13O13/c1-24(2)18-31(41(66)51-25(3)37(62)50-23-36(61)56-17-9-6-12-32(56)42(67)55-29(43(68)69)11-5-8-16-45)53-35(60)22-48-38(63)27(10-4-7-15-44)54-40(65)28(13-14-33(46)58)52-34(59)21-49-39(64)30-19-26(57)20-47-30/h24-32,47,57H,4-23,44-45H2,1-3H3,(H2,46,58)(H,48,63)(H,49,64)(H,50,62)(H,51,66)(H,52,59)(H,53,60)(H,54,65)(H,55,67)(H,68,69)/t25-,26+,27-,28-,29-,30-,31-,32-/m0/s1. The van der Waals surface area contributed by atoms with E-state index in [1.54, 1.807) is 13.8 Å². The molecule has 2 saturated heterocycles. The SMILES string of the molecule is CC(C)C[C@H](NC(=O)CNC(=O)[C@H](CCCCN)NC(=O)[C@H](CCC(N)=O)NC(=O)CNC(=O)[C@@H]1C[C@@H](O)CN1)C(=O)N[C@@H](C)C(=O)NCC(=O)N1CCCC[C@H]1C(=O)N[C@@H](CCCCN)C(=O)O. The maximum Gasteiger partial charge on any atom is 0.326 e. The highest BCUT2D eigenvalue weighted by Crippen LogP contribution is 2.18. The van der Waals surface area contributed by atoms with Crippen LogP contribution in [0.5, 0.6) is 0 Å². The number of carbonyl (C=O) groups is 11. The molecule has 0 radical (unpaired) electrons. The number of likely N-dealkylation sites (tertiary alicyclic amines) is 1. The van der Waals surface area contributed by atoms with Crippen molar-refractivity contribution in [2.24, 2.45) is 23.1 Å². The molecule has 8 atom stereocenters. The molecule has 0 saturated carbocycles. The summed E-state index contributed by atoms with van der Waals surface area (Å²) in [6.45, 7) is 4.30. The first kappa shape index (κ1) is 59.1. The van der Waals surface area contributed by atoms with Gasteiger partial charge in [0.25, 0.3) is 0 Å². The van der Waals surface area contributed by atoms with E-state index >= 15 is 0 Å². The zero-order valence-electron chi connectivity index (χ0n) is 39.9. The Morgan fingerprint density at radius 2 is 1.23 bits per heavy atom. The highest BCUT2D eigenvalue weighted by atomic mass is 16.4. The van der Waals surface area contributed by atoms with E-state index in [-0.39, 0.29) is 64.1 Å². The molecule has 0 aromatic carbocycles. The topological polar surface area (TPSA) is 418 Å². The molecule has 2 heterocycles. The number of β-amino-alcohol motifs (C(OH)–C–C–N with tert-alkyl or cyclic N) is 1. The van der Waals surface area contributed by atoms with Crippen LogP contribution in [0.15, 0.2) is 0 Å². The van der Waals surface area contributed by atoms with Gasteiger partial charge in [0.1, 0.15) is 36.3 Å². The lowest BCUT2D eigenvalue weighted by Gasteiger charge is -2.35. The zero-order valence-corrected chi connectivity index (χ0v) is 39.9. The van der Waals surface area contributed by atoms with Crippen LogP contribution in [0, 0.1) is 5.92 Å². The highest BCUT2D eigenvalue weighted by Gasteiger charge is 2.35. The molecule has 0 aliphatic carbocycles. The van der Waals surface area contributed by atoms with Crippen LogP contribution in [0.2, 0.25) is 0 Å². The quantitative estimate of drug-likeness (QED) is 0.0288. The van der Waals surface area contributed by atoms with E-state index in [0.717, 1.165) is 0 Å². The molecule has 390 valence electrons. The number of piperidine rings is 1. The number of nitrogens with two attached hydrogens (primary N) is 3. The Labute approximate surface area is 401 Å². The number of primary amides is 1. The number of rotatable bonds is 31. The van der Waals surface area contributed by atoms with Gasteiger partial charge in [0.05, 0.1) is 31.8 Å². The van der Waals surface area contributed by atoms with Crippen LogP contribution in [0.1, 0.15) is 104 Å². The number of nitrogens with zero attached hydrogens (tertiary/aromatic N) is 1. The highest BCUT2D eigenvalue weighted by molar-refractivity contribution is 5.97. The molecule has 17 N–H and O–H groups in total. The predicted octanol–water partition coefficient (Wildman–Crippen LogP) is -5.46. The Bertz CT molecular complexity index is 1790. The molecular formula is C43H75N13O13. The molecule has 2 aliphatic heterocycles. The summed E-state index contributed by atoms with van der Waals surface area (Å²) in [5.74, 6) is -8.57. The minimum Gasteiger partial charge on any atom is -0.480 e. The molecule has 26 nitrogen and oxygen atoms in total. The number of nitrogens with one attached hydrogen (secondary N) is 9. The van der Waals surface area contributed by atoms with E-state index in [0.29, 0.717) is 51.5 Å². The second-order valence-electron chi connectivity index (χ2n) is 17.7. The summed E-state index contributed by atoms with van der Waals surface area (Å²) in [4.78, 5) is 143. The summed E-state index contributed by atoms with van der Waals surface area (Å²) in [6.07, 6.45) is 2.63. The molecular weight excluding hydrogens is 907 g/mol. The van der Waals surface area contributed by atoms with Gasteiger partial charge in [-0.3, -0.25) is 47.9 Å². The van der Waals surface area contributed by atoms with E-state index in [2.05, 4.69) is 47.9 Å². The van der Waals surface area contributed by atoms with Gasteiger partial charge in [0.15, 0.2) is 0 Å². The first-order chi connectivity index (χ1) is 32.7. The van der Waals surface area contributed by atoms with E-state index in [4.69, 9.17) is 17.2 Å². The maximum absolute atomic E-state index is 13.5. The lowest BCUT2D eigenvalue weighted by molar-refractivity contribution is -0.146. The van der Waals surface area contributed by atoms with Crippen molar-refractivity contribution in [2.75, 3.05) is 45.8 Å². The average Bonchev–Trinajstić information content (AvgIpc) is 3.75. The zero-order chi connectivity index (χ0) is 51.6. The third kappa shape index (κ3) is 22.3. The van der Waals surface area contributed by atoms with Gasteiger partial charge in [-0.1, -0.05) is 13.8 Å². The van der Waals surface area contributed by atoms with Gasteiger partial charge in [0, 0.05) is 19.5 Å². The van der Waals surface area contributed by atoms with Gasteiger partial charge in [-0.25, -0.2) is 4.79 Å². The molecule has 0 aromatic heterocycles. The van der Waals surface area contributed by atoms with E-state index < -0.39 is 133 Å². The average molecular weight is 982 g/mol. The minimum atomic E-state index is -1.36. The van der Waals surface area contributed by atoms with Crippen LogP contribution < -0.4 is 65.1 Å². The summed E-state index contributed by atoms with van der Waals surface area (Å²) < 4.78 is 0. The smallest absolute Gasteiger partial charge is 0.326 e. The van der Waals surface area contributed by atoms with Crippen molar-refractivity contribution >= 4 is 65.0 Å². The normalized spacial score (nSPS) is 18.8. The van der Waals surface area contributed by atoms with E-state index in [9.17, 15) is 63.0 Å². The fourth-order valence-electron chi connectivity index (χ4n) is 7.60. The van der Waals surface area contributed by atoms with Crippen molar-refractivity contribution < 1.29 is 63.0 Å². The Kier molecular flexibility index (Phi) is 26.7. The fraction of sp³-hybridized carbons (Fsp3) is 0.744. The van der Waals surface area contributed by atoms with Crippen molar-refractivity contribution in [2.45, 2.75) is 153 Å². The van der Waals surface area contributed by atoms with Crippen LogP contribution in [-0.4, -0.2) is 174 Å². The number of carboxylic acid groups (broad SMARTS) is 1. The molecule has 10 amide bonds. The molecule has 0 spiro atoms. The lowest BCUT2D eigenvalue weighted by Crippen LogP contribution is -2.58. The van der Waals surface area contributed by atoms with Crippen LogP contribution in [0.3, 0.4) is 0 Å². The van der Waals surface area contributed by atoms with E-state index in [1.165, 1.54) is 11.8 Å². The summed E-state index contributed by atoms with van der Waals surface area (Å²) >= 11 is 0. The predicted molar refractivity (Wildman–Crippen MR) is 247 cm³/mol. The maximum atomic E-state index is 13.5. The van der Waals surface area contributed by atoms with Crippen molar-refractivity contribution in [1.29, 1.82) is 0 Å². The number of aliphatic hydroxyl groups excluding tert-OH is 1. The number of carboxylic acids is 1. The summed E-state index contributed by atoms with van der Waals surface area (Å²) in [6, 6.07) is -7.80. The second kappa shape index (κ2) is 31.2. The van der Waals surface area contributed by atoms with Crippen molar-refractivity contribution in [3.05, 3.63) is 0 Å². The Balaban J connectivity index is 2.01. The van der Waals surface area contributed by atoms with Crippen molar-refractivity contribution in [3.8, 4) is 0 Å². The third-order valence-electron chi connectivity index (χ3n) is 11.4. The second-order valence-corrected chi connectivity index (χ2v) is 17.7. The van der Waals surface area contributed by atoms with Gasteiger partial charge in [-0.15, -0.1) is 0 Å². The molecule has 2 rings (SSSR count). The van der Waals surface area contributed by atoms with Crippen LogP contribution in [-0.2, 0) is 52.7 Å². The molecule has 69 heavy (non-hydrogen) atoms. The van der Waals surface area contributed by atoms with Gasteiger partial charge >= 0.3 is 5.97 Å². The van der Waals surface area contributed by atoms with Crippen molar-refractivity contribution in [1.82, 2.24) is 52.8 Å². The number of hydrogen-bond acceptors (Lipinski definition) is 15.